The minimum Gasteiger partial charge on any atom is -0.356 e. The number of rotatable bonds is 6. The van der Waals surface area contributed by atoms with Gasteiger partial charge in [0.2, 0.25) is 5.91 Å². The van der Waals surface area contributed by atoms with E-state index in [1.54, 1.807) is 4.68 Å². The summed E-state index contributed by atoms with van der Waals surface area (Å²) in [6.45, 7) is 0.662. The van der Waals surface area contributed by atoms with E-state index in [0.29, 0.717) is 13.0 Å². The van der Waals surface area contributed by atoms with Crippen LogP contribution in [-0.2, 0) is 18.3 Å². The van der Waals surface area contributed by atoms with E-state index in [9.17, 15) is 4.79 Å². The van der Waals surface area contributed by atoms with Gasteiger partial charge in [0.05, 0.1) is 5.69 Å². The molecule has 5 nitrogen and oxygen atoms in total. The van der Waals surface area contributed by atoms with E-state index in [1.807, 2.05) is 26.4 Å². The van der Waals surface area contributed by atoms with E-state index < -0.39 is 0 Å². The third-order valence-electron chi connectivity index (χ3n) is 4.31. The van der Waals surface area contributed by atoms with Crippen molar-refractivity contribution in [2.45, 2.75) is 50.5 Å². The molecule has 0 atom stereocenters. The predicted octanol–water partition coefficient (Wildman–Crippen LogP) is 1.39. The topological polar surface area (TPSA) is 59.0 Å². The van der Waals surface area contributed by atoms with Gasteiger partial charge in [-0.15, -0.1) is 0 Å². The number of carbonyl (C=O) groups excluding carboxylic acids is 1. The molecule has 0 aliphatic heterocycles. The minimum absolute atomic E-state index is 0.0212. The Morgan fingerprint density at radius 2 is 2.15 bits per heavy atom. The van der Waals surface area contributed by atoms with Gasteiger partial charge in [-0.25, -0.2) is 0 Å². The lowest BCUT2D eigenvalue weighted by Crippen LogP contribution is -2.48. The van der Waals surface area contributed by atoms with E-state index in [-0.39, 0.29) is 11.4 Å². The van der Waals surface area contributed by atoms with E-state index >= 15 is 0 Å². The Labute approximate surface area is 121 Å². The van der Waals surface area contributed by atoms with Gasteiger partial charge in [-0.2, -0.15) is 5.10 Å². The highest BCUT2D eigenvalue weighted by Gasteiger charge is 2.32. The van der Waals surface area contributed by atoms with Gasteiger partial charge in [0.25, 0.3) is 0 Å². The number of amides is 1. The van der Waals surface area contributed by atoms with Gasteiger partial charge in [0.1, 0.15) is 0 Å². The van der Waals surface area contributed by atoms with E-state index in [0.717, 1.165) is 25.0 Å². The molecule has 20 heavy (non-hydrogen) atoms. The maximum atomic E-state index is 12.1. The maximum absolute atomic E-state index is 12.1. The van der Waals surface area contributed by atoms with Crippen molar-refractivity contribution < 1.29 is 4.79 Å². The number of hydrogen-bond acceptors (Lipinski definition) is 3. The summed E-state index contributed by atoms with van der Waals surface area (Å²) >= 11 is 0. The van der Waals surface area contributed by atoms with Crippen molar-refractivity contribution in [2.75, 3.05) is 13.6 Å². The Hall–Kier alpha value is -1.36. The average Bonchev–Trinajstić information content (AvgIpc) is 2.85. The summed E-state index contributed by atoms with van der Waals surface area (Å²) < 4.78 is 1.79. The molecule has 1 aromatic heterocycles. The third kappa shape index (κ3) is 4.07. The molecule has 0 aromatic carbocycles. The second-order valence-corrected chi connectivity index (χ2v) is 5.85. The summed E-state index contributed by atoms with van der Waals surface area (Å²) in [5, 5.41) is 10.7. The molecule has 0 spiro atoms. The molecule has 0 radical (unpaired) electrons. The van der Waals surface area contributed by atoms with Crippen LogP contribution in [0.5, 0.6) is 0 Å². The van der Waals surface area contributed by atoms with Gasteiger partial charge in [-0.1, -0.05) is 19.3 Å². The monoisotopic (exact) mass is 278 g/mol. The van der Waals surface area contributed by atoms with Crippen LogP contribution in [0.2, 0.25) is 0 Å². The molecule has 1 fully saturated rings. The molecule has 2 N–H and O–H groups in total. The summed E-state index contributed by atoms with van der Waals surface area (Å²) in [6, 6.07) is 1.99. The molecule has 2 rings (SSSR count). The molecule has 0 bridgehead atoms. The van der Waals surface area contributed by atoms with Crippen molar-refractivity contribution in [3.63, 3.8) is 0 Å². The van der Waals surface area contributed by atoms with Crippen LogP contribution in [0.25, 0.3) is 0 Å². The smallest absolute Gasteiger partial charge is 0.221 e. The lowest BCUT2D eigenvalue weighted by Gasteiger charge is -2.36. The minimum atomic E-state index is 0.0212. The lowest BCUT2D eigenvalue weighted by molar-refractivity contribution is -0.122. The number of carbonyl (C=O) groups is 1. The molecule has 1 heterocycles. The number of aromatic nitrogens is 2. The van der Waals surface area contributed by atoms with Gasteiger partial charge in [0, 0.05) is 38.2 Å². The Balaban J connectivity index is 1.74. The molecular weight excluding hydrogens is 252 g/mol. The van der Waals surface area contributed by atoms with Crippen molar-refractivity contribution in [1.29, 1.82) is 0 Å². The van der Waals surface area contributed by atoms with Crippen LogP contribution in [0.1, 0.15) is 44.2 Å². The van der Waals surface area contributed by atoms with Crippen LogP contribution in [0.15, 0.2) is 12.3 Å². The van der Waals surface area contributed by atoms with Crippen molar-refractivity contribution in [3.8, 4) is 0 Å². The second-order valence-electron chi connectivity index (χ2n) is 5.85. The molecule has 0 unspecified atom stereocenters. The molecule has 112 valence electrons. The molecule has 1 saturated carbocycles. The van der Waals surface area contributed by atoms with Gasteiger partial charge in [0.15, 0.2) is 0 Å². The fourth-order valence-corrected chi connectivity index (χ4v) is 3.04. The molecule has 1 aliphatic carbocycles. The van der Waals surface area contributed by atoms with Crippen LogP contribution in [-0.4, -0.2) is 34.8 Å². The van der Waals surface area contributed by atoms with Crippen molar-refractivity contribution in [1.82, 2.24) is 20.4 Å². The predicted molar refractivity (Wildman–Crippen MR) is 79.4 cm³/mol. The van der Waals surface area contributed by atoms with Gasteiger partial charge in [-0.05, 0) is 26.0 Å². The van der Waals surface area contributed by atoms with Crippen LogP contribution < -0.4 is 10.6 Å². The Bertz CT molecular complexity index is 435. The number of nitrogens with zero attached hydrogens (tertiary/aromatic N) is 2. The van der Waals surface area contributed by atoms with Crippen LogP contribution in [0.4, 0.5) is 0 Å². The third-order valence-corrected chi connectivity index (χ3v) is 4.31. The summed E-state index contributed by atoms with van der Waals surface area (Å²) in [6.07, 6.45) is 9.27. The Morgan fingerprint density at radius 1 is 1.40 bits per heavy atom. The number of nitrogens with one attached hydrogen (secondary N) is 2. The zero-order valence-electron chi connectivity index (χ0n) is 12.6. The molecule has 5 heteroatoms. The van der Waals surface area contributed by atoms with Gasteiger partial charge in [-0.3, -0.25) is 9.48 Å². The highest BCUT2D eigenvalue weighted by atomic mass is 16.1. The Morgan fingerprint density at radius 3 is 2.75 bits per heavy atom. The number of aryl methyl sites for hydroxylation is 1. The van der Waals surface area contributed by atoms with Crippen molar-refractivity contribution >= 4 is 5.91 Å². The zero-order chi connectivity index (χ0) is 14.4. The Kier molecular flexibility index (Phi) is 5.17. The summed E-state index contributed by atoms with van der Waals surface area (Å²) in [4.78, 5) is 12.1. The highest BCUT2D eigenvalue weighted by Crippen LogP contribution is 2.30. The normalized spacial score (nSPS) is 17.9. The quantitative estimate of drug-likeness (QED) is 0.827. The van der Waals surface area contributed by atoms with Crippen molar-refractivity contribution in [3.05, 3.63) is 18.0 Å². The standard InChI is InChI=1S/C15H26N4O/c1-16-15(8-4-3-5-9-15)12-14(20)17-10-6-13-7-11-19(2)18-13/h7,11,16H,3-6,8-10,12H2,1-2H3,(H,17,20). The SMILES string of the molecule is CNC1(CC(=O)NCCc2ccn(C)n2)CCCCC1. The van der Waals surface area contributed by atoms with Crippen LogP contribution in [0.3, 0.4) is 0 Å². The van der Waals surface area contributed by atoms with Gasteiger partial charge < -0.3 is 10.6 Å². The van der Waals surface area contributed by atoms with Crippen molar-refractivity contribution in [2.24, 2.45) is 7.05 Å². The highest BCUT2D eigenvalue weighted by molar-refractivity contribution is 5.77. The first-order valence-electron chi connectivity index (χ1n) is 7.58. The average molecular weight is 278 g/mol. The lowest BCUT2D eigenvalue weighted by atomic mass is 9.79. The van der Waals surface area contributed by atoms with Crippen LogP contribution >= 0.6 is 0 Å². The maximum Gasteiger partial charge on any atom is 0.221 e. The fraction of sp³-hybridized carbons (Fsp3) is 0.733. The largest absolute Gasteiger partial charge is 0.356 e. The molecule has 1 aromatic rings. The molecule has 1 aliphatic rings. The van der Waals surface area contributed by atoms with Crippen LogP contribution in [0, 0.1) is 0 Å². The van der Waals surface area contributed by atoms with E-state index in [4.69, 9.17) is 0 Å². The van der Waals surface area contributed by atoms with Gasteiger partial charge >= 0.3 is 0 Å². The summed E-state index contributed by atoms with van der Waals surface area (Å²) in [5.41, 5.74) is 1.04. The zero-order valence-corrected chi connectivity index (χ0v) is 12.6. The molecular formula is C15H26N4O. The first-order chi connectivity index (χ1) is 9.63. The summed E-state index contributed by atoms with van der Waals surface area (Å²) in [7, 11) is 3.88. The molecule has 0 saturated heterocycles. The fourth-order valence-electron chi connectivity index (χ4n) is 3.04. The number of hydrogen-bond donors (Lipinski definition) is 2. The first-order valence-corrected chi connectivity index (χ1v) is 7.58. The summed E-state index contributed by atoms with van der Waals surface area (Å²) in [5.74, 6) is 0.150. The second kappa shape index (κ2) is 6.88. The van der Waals surface area contributed by atoms with E-state index in [1.165, 1.54) is 19.3 Å². The van der Waals surface area contributed by atoms with E-state index in [2.05, 4.69) is 15.7 Å². The first kappa shape index (κ1) is 15.0. The molecule has 1 amide bonds.